The van der Waals surface area contributed by atoms with E-state index in [1.54, 1.807) is 0 Å². The average Bonchev–Trinajstić information content (AvgIpc) is 3.04. The number of aryl methyl sites for hydroxylation is 1. The Morgan fingerprint density at radius 1 is 1.42 bits per heavy atom. The number of hydrazone groups is 1. The highest BCUT2D eigenvalue weighted by molar-refractivity contribution is 7.12. The van der Waals surface area contributed by atoms with Crippen molar-refractivity contribution in [3.05, 3.63) is 56.3 Å². The van der Waals surface area contributed by atoms with Crippen molar-refractivity contribution in [2.75, 3.05) is 6.61 Å². The van der Waals surface area contributed by atoms with E-state index >= 15 is 0 Å². The minimum atomic E-state index is -0.480. The summed E-state index contributed by atoms with van der Waals surface area (Å²) in [5.74, 6) is 0.206. The topological polar surface area (TPSA) is 93.8 Å². The largest absolute Gasteiger partial charge is 0.484 e. The fourth-order valence-corrected chi connectivity index (χ4v) is 2.61. The van der Waals surface area contributed by atoms with Gasteiger partial charge >= 0.3 is 0 Å². The van der Waals surface area contributed by atoms with E-state index in [0.29, 0.717) is 10.6 Å². The fourth-order valence-electron chi connectivity index (χ4n) is 1.90. The van der Waals surface area contributed by atoms with Crippen molar-refractivity contribution < 1.29 is 14.5 Å². The molecule has 1 heterocycles. The SMILES string of the molecule is CCCc1ccc(OCC(=O)N/N=C\c2cc([N+](=O)[O-])cs2)cc1. The number of benzene rings is 1. The van der Waals surface area contributed by atoms with E-state index in [1.807, 2.05) is 24.3 Å². The second-order valence-corrected chi connectivity index (χ2v) is 5.88. The molecule has 0 radical (unpaired) electrons. The fraction of sp³-hybridized carbons (Fsp3) is 0.250. The third kappa shape index (κ3) is 5.47. The van der Waals surface area contributed by atoms with E-state index in [1.165, 1.54) is 34.6 Å². The first-order valence-electron chi connectivity index (χ1n) is 7.35. The number of amides is 1. The standard InChI is InChI=1S/C16H17N3O4S/c1-2-3-12-4-6-14(7-5-12)23-10-16(20)18-17-9-15-8-13(11-24-15)19(21)22/h4-9,11H,2-3,10H2,1H3,(H,18,20)/b17-9-. The van der Waals surface area contributed by atoms with Crippen LogP contribution in [0, 0.1) is 10.1 Å². The van der Waals surface area contributed by atoms with Crippen LogP contribution in [0.15, 0.2) is 40.8 Å². The van der Waals surface area contributed by atoms with E-state index < -0.39 is 10.8 Å². The van der Waals surface area contributed by atoms with Crippen molar-refractivity contribution in [3.63, 3.8) is 0 Å². The lowest BCUT2D eigenvalue weighted by Crippen LogP contribution is -2.24. The Balaban J connectivity index is 1.76. The van der Waals surface area contributed by atoms with Gasteiger partial charge in [-0.15, -0.1) is 11.3 Å². The average molecular weight is 347 g/mol. The molecule has 2 rings (SSSR count). The molecule has 8 heteroatoms. The summed E-state index contributed by atoms with van der Waals surface area (Å²) in [5.41, 5.74) is 3.54. The number of hydrogen-bond acceptors (Lipinski definition) is 6. The van der Waals surface area contributed by atoms with Gasteiger partial charge in [-0.3, -0.25) is 14.9 Å². The molecule has 1 aromatic carbocycles. The number of thiophene rings is 1. The van der Waals surface area contributed by atoms with Crippen LogP contribution in [0.3, 0.4) is 0 Å². The molecular weight excluding hydrogens is 330 g/mol. The van der Waals surface area contributed by atoms with Gasteiger partial charge in [0.25, 0.3) is 11.6 Å². The molecule has 1 N–H and O–H groups in total. The lowest BCUT2D eigenvalue weighted by atomic mass is 10.1. The number of nitrogens with one attached hydrogen (secondary N) is 1. The van der Waals surface area contributed by atoms with Crippen LogP contribution in [0.2, 0.25) is 0 Å². The number of nitro groups is 1. The highest BCUT2D eigenvalue weighted by atomic mass is 32.1. The Hall–Kier alpha value is -2.74. The van der Waals surface area contributed by atoms with Gasteiger partial charge < -0.3 is 4.74 Å². The molecule has 24 heavy (non-hydrogen) atoms. The normalized spacial score (nSPS) is 10.7. The molecule has 0 aliphatic rings. The van der Waals surface area contributed by atoms with Crippen LogP contribution in [0.4, 0.5) is 5.69 Å². The molecule has 0 aliphatic carbocycles. The summed E-state index contributed by atoms with van der Waals surface area (Å²) >= 11 is 1.17. The molecule has 1 aromatic heterocycles. The lowest BCUT2D eigenvalue weighted by Gasteiger charge is -2.05. The highest BCUT2D eigenvalue weighted by Gasteiger charge is 2.07. The molecule has 0 saturated carbocycles. The summed E-state index contributed by atoms with van der Waals surface area (Å²) < 4.78 is 5.37. The van der Waals surface area contributed by atoms with Crippen LogP contribution in [0.1, 0.15) is 23.8 Å². The molecule has 2 aromatic rings. The summed E-state index contributed by atoms with van der Waals surface area (Å²) in [4.78, 5) is 22.3. The highest BCUT2D eigenvalue weighted by Crippen LogP contribution is 2.19. The molecule has 126 valence electrons. The van der Waals surface area contributed by atoms with Crippen molar-refractivity contribution in [2.45, 2.75) is 19.8 Å². The minimum Gasteiger partial charge on any atom is -0.484 e. The van der Waals surface area contributed by atoms with Crippen LogP contribution >= 0.6 is 11.3 Å². The number of carbonyl (C=O) groups excluding carboxylic acids is 1. The third-order valence-corrected chi connectivity index (χ3v) is 3.88. The summed E-state index contributed by atoms with van der Waals surface area (Å²) in [7, 11) is 0. The molecule has 0 atom stereocenters. The number of nitrogens with zero attached hydrogens (tertiary/aromatic N) is 2. The molecule has 0 fully saturated rings. The maximum atomic E-state index is 11.6. The Morgan fingerprint density at radius 3 is 2.79 bits per heavy atom. The Bertz CT molecular complexity index is 725. The zero-order chi connectivity index (χ0) is 17.4. The van der Waals surface area contributed by atoms with E-state index in [4.69, 9.17) is 4.74 Å². The van der Waals surface area contributed by atoms with Gasteiger partial charge in [0.05, 0.1) is 21.4 Å². The molecule has 0 unspecified atom stereocenters. The molecule has 0 bridgehead atoms. The van der Waals surface area contributed by atoms with Crippen molar-refractivity contribution in [1.82, 2.24) is 5.43 Å². The van der Waals surface area contributed by atoms with Gasteiger partial charge in [-0.25, -0.2) is 5.43 Å². The molecular formula is C16H17N3O4S. The number of rotatable bonds is 8. The quantitative estimate of drug-likeness (QED) is 0.451. The zero-order valence-corrected chi connectivity index (χ0v) is 13.9. The van der Waals surface area contributed by atoms with Gasteiger partial charge in [0, 0.05) is 6.07 Å². The van der Waals surface area contributed by atoms with Crippen LogP contribution in [0.5, 0.6) is 5.75 Å². The van der Waals surface area contributed by atoms with E-state index in [-0.39, 0.29) is 12.3 Å². The van der Waals surface area contributed by atoms with Crippen molar-refractivity contribution in [1.29, 1.82) is 0 Å². The molecule has 7 nitrogen and oxygen atoms in total. The number of ether oxygens (including phenoxy) is 1. The van der Waals surface area contributed by atoms with E-state index in [9.17, 15) is 14.9 Å². The molecule has 1 amide bonds. The van der Waals surface area contributed by atoms with Gasteiger partial charge in [-0.05, 0) is 24.1 Å². The van der Waals surface area contributed by atoms with Crippen LogP contribution < -0.4 is 10.2 Å². The second kappa shape index (κ2) is 8.78. The van der Waals surface area contributed by atoms with Gasteiger partial charge in [0.1, 0.15) is 5.75 Å². The summed E-state index contributed by atoms with van der Waals surface area (Å²) in [6, 6.07) is 8.98. The van der Waals surface area contributed by atoms with E-state index in [0.717, 1.165) is 12.8 Å². The van der Waals surface area contributed by atoms with Gasteiger partial charge in [-0.1, -0.05) is 25.5 Å². The van der Waals surface area contributed by atoms with Gasteiger partial charge in [0.15, 0.2) is 6.61 Å². The van der Waals surface area contributed by atoms with Crippen LogP contribution in [0.25, 0.3) is 0 Å². The molecule has 0 aliphatic heterocycles. The zero-order valence-electron chi connectivity index (χ0n) is 13.1. The predicted molar refractivity (Wildman–Crippen MR) is 92.6 cm³/mol. The van der Waals surface area contributed by atoms with Crippen LogP contribution in [-0.2, 0) is 11.2 Å². The monoisotopic (exact) mass is 347 g/mol. The third-order valence-electron chi connectivity index (χ3n) is 3.03. The van der Waals surface area contributed by atoms with Crippen molar-refractivity contribution in [2.24, 2.45) is 5.10 Å². The Morgan fingerprint density at radius 2 is 2.17 bits per heavy atom. The van der Waals surface area contributed by atoms with Crippen LogP contribution in [-0.4, -0.2) is 23.7 Å². The first kappa shape index (κ1) is 17.6. The minimum absolute atomic E-state index is 0.00243. The second-order valence-electron chi connectivity index (χ2n) is 4.94. The maximum absolute atomic E-state index is 11.6. The van der Waals surface area contributed by atoms with Crippen molar-refractivity contribution >= 4 is 29.1 Å². The maximum Gasteiger partial charge on any atom is 0.280 e. The summed E-state index contributed by atoms with van der Waals surface area (Å²) in [5, 5.41) is 15.7. The number of hydrogen-bond donors (Lipinski definition) is 1. The Kier molecular flexibility index (Phi) is 6.44. The molecule has 0 saturated heterocycles. The molecule has 0 spiro atoms. The first-order chi connectivity index (χ1) is 11.6. The lowest BCUT2D eigenvalue weighted by molar-refractivity contribution is -0.384. The van der Waals surface area contributed by atoms with Crippen molar-refractivity contribution in [3.8, 4) is 5.75 Å². The first-order valence-corrected chi connectivity index (χ1v) is 8.23. The van der Waals surface area contributed by atoms with Gasteiger partial charge in [0.2, 0.25) is 0 Å². The Labute approximate surface area is 143 Å². The number of carbonyl (C=O) groups is 1. The smallest absolute Gasteiger partial charge is 0.280 e. The van der Waals surface area contributed by atoms with Gasteiger partial charge in [-0.2, -0.15) is 5.10 Å². The van der Waals surface area contributed by atoms with E-state index in [2.05, 4.69) is 17.5 Å². The summed E-state index contributed by atoms with van der Waals surface area (Å²) in [6.45, 7) is 1.96. The summed E-state index contributed by atoms with van der Waals surface area (Å²) in [6.07, 6.45) is 3.44. The predicted octanol–water partition coefficient (Wildman–Crippen LogP) is 3.14.